The van der Waals surface area contributed by atoms with Crippen LogP contribution in [0.1, 0.15) is 44.9 Å². The minimum absolute atomic E-state index is 0.949. The van der Waals surface area contributed by atoms with Crippen LogP contribution in [0.15, 0.2) is 0 Å². The van der Waals surface area contributed by atoms with Gasteiger partial charge < -0.3 is 4.74 Å². The van der Waals surface area contributed by atoms with Crippen molar-refractivity contribution in [1.82, 2.24) is 0 Å². The summed E-state index contributed by atoms with van der Waals surface area (Å²) in [6.45, 7) is 0.949. The third-order valence-corrected chi connectivity index (χ3v) is 2.69. The molecule has 0 amide bonds. The van der Waals surface area contributed by atoms with Crippen LogP contribution in [0.2, 0.25) is 0 Å². The maximum atomic E-state index is 4.99. The molecule has 0 bridgehead atoms. The Morgan fingerprint density at radius 2 is 2.00 bits per heavy atom. The van der Waals surface area contributed by atoms with Crippen LogP contribution in [0.4, 0.5) is 0 Å². The highest BCUT2D eigenvalue weighted by molar-refractivity contribution is 4.68. The maximum absolute atomic E-state index is 4.99. The smallest absolute Gasteiger partial charge is 0.0462 e. The first kappa shape index (κ1) is 9.05. The van der Waals surface area contributed by atoms with E-state index in [1.165, 1.54) is 44.9 Å². The third-order valence-electron chi connectivity index (χ3n) is 2.69. The molecule has 1 heteroatoms. The molecule has 0 saturated heterocycles. The molecule has 1 rings (SSSR count). The van der Waals surface area contributed by atoms with E-state index in [1.54, 1.807) is 7.11 Å². The summed E-state index contributed by atoms with van der Waals surface area (Å²) in [5.74, 6) is 1.09. The fourth-order valence-corrected chi connectivity index (χ4v) is 1.64. The molecule has 1 aliphatic rings. The zero-order valence-corrected chi connectivity index (χ0v) is 7.64. The lowest BCUT2D eigenvalue weighted by molar-refractivity contribution is 0.189. The monoisotopic (exact) mass is 156 g/mol. The number of methoxy groups -OCH3 is 1. The molecule has 0 radical (unpaired) electrons. The number of rotatable bonds is 6. The molecule has 0 aliphatic heterocycles. The van der Waals surface area contributed by atoms with Crippen molar-refractivity contribution < 1.29 is 4.74 Å². The normalized spacial score (nSPS) is 18.3. The molecule has 1 nitrogen and oxygen atoms in total. The van der Waals surface area contributed by atoms with Gasteiger partial charge in [-0.05, 0) is 12.3 Å². The van der Waals surface area contributed by atoms with Gasteiger partial charge in [0, 0.05) is 13.7 Å². The molecular formula is C10H20O. The standard InChI is InChI=1S/C10H20O/c1-11-9-4-2-3-6-10-7-5-8-10/h10H,2-9H2,1H3. The van der Waals surface area contributed by atoms with E-state index in [0.717, 1.165) is 12.5 Å². The summed E-state index contributed by atoms with van der Waals surface area (Å²) in [4.78, 5) is 0. The van der Waals surface area contributed by atoms with Gasteiger partial charge >= 0.3 is 0 Å². The molecule has 0 aromatic heterocycles. The topological polar surface area (TPSA) is 9.23 Å². The summed E-state index contributed by atoms with van der Waals surface area (Å²) in [7, 11) is 1.78. The highest BCUT2D eigenvalue weighted by Crippen LogP contribution is 2.30. The van der Waals surface area contributed by atoms with Crippen molar-refractivity contribution in [2.45, 2.75) is 44.9 Å². The first-order chi connectivity index (χ1) is 5.43. The minimum atomic E-state index is 0.949. The Morgan fingerprint density at radius 3 is 2.55 bits per heavy atom. The molecule has 0 aromatic rings. The van der Waals surface area contributed by atoms with E-state index in [4.69, 9.17) is 4.74 Å². The van der Waals surface area contributed by atoms with Crippen molar-refractivity contribution in [2.24, 2.45) is 5.92 Å². The summed E-state index contributed by atoms with van der Waals surface area (Å²) in [6, 6.07) is 0. The first-order valence-corrected chi connectivity index (χ1v) is 4.92. The van der Waals surface area contributed by atoms with E-state index in [1.807, 2.05) is 0 Å². The predicted molar refractivity (Wildman–Crippen MR) is 47.7 cm³/mol. The number of unbranched alkanes of at least 4 members (excludes halogenated alkanes) is 2. The van der Waals surface area contributed by atoms with Crippen LogP contribution < -0.4 is 0 Å². The van der Waals surface area contributed by atoms with Gasteiger partial charge in [0.1, 0.15) is 0 Å². The second-order valence-electron chi connectivity index (χ2n) is 3.64. The molecule has 0 atom stereocenters. The fraction of sp³-hybridized carbons (Fsp3) is 1.00. The average molecular weight is 156 g/mol. The predicted octanol–water partition coefficient (Wildman–Crippen LogP) is 2.99. The van der Waals surface area contributed by atoms with Crippen LogP contribution in [0, 0.1) is 5.92 Å². The molecule has 0 spiro atoms. The second-order valence-corrected chi connectivity index (χ2v) is 3.64. The Kier molecular flexibility index (Phi) is 4.60. The van der Waals surface area contributed by atoms with E-state index in [0.29, 0.717) is 0 Å². The van der Waals surface area contributed by atoms with Crippen LogP contribution in [0.25, 0.3) is 0 Å². The minimum Gasteiger partial charge on any atom is -0.385 e. The summed E-state index contributed by atoms with van der Waals surface area (Å²) in [6.07, 6.45) is 10.0. The summed E-state index contributed by atoms with van der Waals surface area (Å²) in [5, 5.41) is 0. The van der Waals surface area contributed by atoms with Gasteiger partial charge in [-0.3, -0.25) is 0 Å². The molecule has 11 heavy (non-hydrogen) atoms. The Labute approximate surface area is 70.1 Å². The van der Waals surface area contributed by atoms with Gasteiger partial charge in [-0.1, -0.05) is 38.5 Å². The number of ether oxygens (including phenoxy) is 1. The van der Waals surface area contributed by atoms with E-state index in [-0.39, 0.29) is 0 Å². The van der Waals surface area contributed by atoms with Gasteiger partial charge in [-0.2, -0.15) is 0 Å². The highest BCUT2D eigenvalue weighted by atomic mass is 16.5. The Balaban J connectivity index is 1.73. The van der Waals surface area contributed by atoms with Gasteiger partial charge in [0.25, 0.3) is 0 Å². The fourth-order valence-electron chi connectivity index (χ4n) is 1.64. The van der Waals surface area contributed by atoms with Crippen molar-refractivity contribution in [3.05, 3.63) is 0 Å². The zero-order valence-electron chi connectivity index (χ0n) is 7.64. The van der Waals surface area contributed by atoms with Gasteiger partial charge in [-0.25, -0.2) is 0 Å². The van der Waals surface area contributed by atoms with E-state index in [2.05, 4.69) is 0 Å². The molecule has 1 fully saturated rings. The highest BCUT2D eigenvalue weighted by Gasteiger charge is 2.15. The number of hydrogen-bond donors (Lipinski definition) is 0. The lowest BCUT2D eigenvalue weighted by atomic mass is 9.82. The molecule has 0 N–H and O–H groups in total. The molecule has 0 heterocycles. The largest absolute Gasteiger partial charge is 0.385 e. The second kappa shape index (κ2) is 5.59. The summed E-state index contributed by atoms with van der Waals surface area (Å²) >= 11 is 0. The Hall–Kier alpha value is -0.0400. The van der Waals surface area contributed by atoms with Crippen molar-refractivity contribution in [3.8, 4) is 0 Å². The number of hydrogen-bond acceptors (Lipinski definition) is 1. The van der Waals surface area contributed by atoms with Crippen LogP contribution >= 0.6 is 0 Å². The molecular weight excluding hydrogens is 136 g/mol. The van der Waals surface area contributed by atoms with Crippen molar-refractivity contribution in [3.63, 3.8) is 0 Å². The maximum Gasteiger partial charge on any atom is 0.0462 e. The quantitative estimate of drug-likeness (QED) is 0.537. The molecule has 66 valence electrons. The zero-order chi connectivity index (χ0) is 7.94. The van der Waals surface area contributed by atoms with E-state index < -0.39 is 0 Å². The van der Waals surface area contributed by atoms with Crippen molar-refractivity contribution in [1.29, 1.82) is 0 Å². The van der Waals surface area contributed by atoms with E-state index >= 15 is 0 Å². The summed E-state index contributed by atoms with van der Waals surface area (Å²) < 4.78 is 4.99. The van der Waals surface area contributed by atoms with Crippen LogP contribution in [-0.2, 0) is 4.74 Å². The summed E-state index contributed by atoms with van der Waals surface area (Å²) in [5.41, 5.74) is 0. The first-order valence-electron chi connectivity index (χ1n) is 4.92. The van der Waals surface area contributed by atoms with Crippen molar-refractivity contribution in [2.75, 3.05) is 13.7 Å². The molecule has 0 unspecified atom stereocenters. The van der Waals surface area contributed by atoms with Crippen LogP contribution in [0.5, 0.6) is 0 Å². The SMILES string of the molecule is COCCCCCC1CCC1. The van der Waals surface area contributed by atoms with Gasteiger partial charge in [-0.15, -0.1) is 0 Å². The average Bonchev–Trinajstić information content (AvgIpc) is 1.93. The third kappa shape index (κ3) is 3.76. The van der Waals surface area contributed by atoms with Crippen molar-refractivity contribution >= 4 is 0 Å². The Morgan fingerprint density at radius 1 is 1.18 bits per heavy atom. The molecule has 0 aromatic carbocycles. The van der Waals surface area contributed by atoms with Gasteiger partial charge in [0.15, 0.2) is 0 Å². The van der Waals surface area contributed by atoms with E-state index in [9.17, 15) is 0 Å². The molecule has 1 aliphatic carbocycles. The van der Waals surface area contributed by atoms with Gasteiger partial charge in [0.2, 0.25) is 0 Å². The van der Waals surface area contributed by atoms with Crippen LogP contribution in [0.3, 0.4) is 0 Å². The van der Waals surface area contributed by atoms with Gasteiger partial charge in [0.05, 0.1) is 0 Å². The lowest BCUT2D eigenvalue weighted by Gasteiger charge is -2.24. The Bertz CT molecular complexity index is 86.9. The molecule has 1 saturated carbocycles. The lowest BCUT2D eigenvalue weighted by Crippen LogP contribution is -2.10. The van der Waals surface area contributed by atoms with Crippen LogP contribution in [-0.4, -0.2) is 13.7 Å².